The van der Waals surface area contributed by atoms with E-state index in [1.54, 1.807) is 0 Å². The average molecular weight is 278 g/mol. The fourth-order valence-electron chi connectivity index (χ4n) is 1.35. The molecule has 7 nitrogen and oxygen atoms in total. The third-order valence-electron chi connectivity index (χ3n) is 2.73. The van der Waals surface area contributed by atoms with Gasteiger partial charge in [-0.15, -0.1) is 0 Å². The number of nitrogens with zero attached hydrogens (tertiary/aromatic N) is 1. The molecule has 0 aliphatic heterocycles. The highest BCUT2D eigenvalue weighted by atomic mass is 32.2. The van der Waals surface area contributed by atoms with E-state index in [1.165, 1.54) is 18.3 Å². The van der Waals surface area contributed by atoms with Crippen molar-refractivity contribution in [2.75, 3.05) is 20.1 Å². The van der Waals surface area contributed by atoms with E-state index in [4.69, 9.17) is 5.73 Å². The van der Waals surface area contributed by atoms with E-state index >= 15 is 0 Å². The molecule has 0 aromatic carbocycles. The SMILES string of the molecule is CC(NS(=O)(=O)N(C)CCCN)C(=O)NC1CC1. The van der Waals surface area contributed by atoms with Gasteiger partial charge in [-0.2, -0.15) is 17.4 Å². The molecule has 0 saturated heterocycles. The topological polar surface area (TPSA) is 105 Å². The van der Waals surface area contributed by atoms with Crippen molar-refractivity contribution in [3.8, 4) is 0 Å². The molecule has 8 heteroatoms. The van der Waals surface area contributed by atoms with Gasteiger partial charge in [-0.25, -0.2) is 0 Å². The van der Waals surface area contributed by atoms with Gasteiger partial charge in [0, 0.05) is 19.6 Å². The first-order valence-electron chi connectivity index (χ1n) is 6.11. The lowest BCUT2D eigenvalue weighted by Gasteiger charge is -2.20. The first-order valence-corrected chi connectivity index (χ1v) is 7.55. The number of amides is 1. The lowest BCUT2D eigenvalue weighted by atomic mass is 10.3. The van der Waals surface area contributed by atoms with Crippen LogP contribution in [0.15, 0.2) is 0 Å². The Hall–Kier alpha value is -0.700. The normalized spacial score (nSPS) is 17.8. The molecule has 1 fully saturated rings. The van der Waals surface area contributed by atoms with Crippen LogP contribution in [0.5, 0.6) is 0 Å². The number of hydrogen-bond acceptors (Lipinski definition) is 4. The molecule has 0 spiro atoms. The molecule has 106 valence electrons. The van der Waals surface area contributed by atoms with Gasteiger partial charge in [0.05, 0.1) is 6.04 Å². The summed E-state index contributed by atoms with van der Waals surface area (Å²) in [7, 11) is -2.16. The van der Waals surface area contributed by atoms with Crippen molar-refractivity contribution in [2.45, 2.75) is 38.3 Å². The lowest BCUT2D eigenvalue weighted by molar-refractivity contribution is -0.122. The molecule has 0 aromatic rings. The van der Waals surface area contributed by atoms with Crippen LogP contribution in [0.2, 0.25) is 0 Å². The maximum atomic E-state index is 11.8. The summed E-state index contributed by atoms with van der Waals surface area (Å²) in [6.45, 7) is 2.30. The van der Waals surface area contributed by atoms with E-state index in [9.17, 15) is 13.2 Å². The van der Waals surface area contributed by atoms with Crippen molar-refractivity contribution in [3.05, 3.63) is 0 Å². The third kappa shape index (κ3) is 4.89. The van der Waals surface area contributed by atoms with Crippen LogP contribution in [-0.4, -0.2) is 50.9 Å². The molecule has 1 rings (SSSR count). The minimum atomic E-state index is -3.63. The predicted molar refractivity (Wildman–Crippen MR) is 69.0 cm³/mol. The quantitative estimate of drug-likeness (QED) is 0.517. The second-order valence-electron chi connectivity index (χ2n) is 4.59. The molecule has 0 radical (unpaired) electrons. The lowest BCUT2D eigenvalue weighted by Crippen LogP contribution is -2.49. The smallest absolute Gasteiger partial charge is 0.279 e. The van der Waals surface area contributed by atoms with Crippen molar-refractivity contribution in [2.24, 2.45) is 5.73 Å². The second-order valence-corrected chi connectivity index (χ2v) is 6.40. The monoisotopic (exact) mass is 278 g/mol. The van der Waals surface area contributed by atoms with Gasteiger partial charge >= 0.3 is 0 Å². The summed E-state index contributed by atoms with van der Waals surface area (Å²) in [5.74, 6) is -0.284. The summed E-state index contributed by atoms with van der Waals surface area (Å²) in [5, 5.41) is 2.75. The maximum absolute atomic E-state index is 11.8. The molecule has 0 aromatic heterocycles. The molecule has 1 atom stereocenters. The fourth-order valence-corrected chi connectivity index (χ4v) is 2.46. The Balaban J connectivity index is 2.44. The second kappa shape index (κ2) is 6.46. The molecule has 1 unspecified atom stereocenters. The molecule has 0 bridgehead atoms. The van der Waals surface area contributed by atoms with E-state index in [0.717, 1.165) is 12.8 Å². The van der Waals surface area contributed by atoms with Crippen LogP contribution < -0.4 is 15.8 Å². The molecule has 0 heterocycles. The van der Waals surface area contributed by atoms with Crippen LogP contribution in [0.4, 0.5) is 0 Å². The predicted octanol–water partition coefficient (Wildman–Crippen LogP) is -1.23. The highest BCUT2D eigenvalue weighted by molar-refractivity contribution is 7.87. The maximum Gasteiger partial charge on any atom is 0.279 e. The summed E-state index contributed by atoms with van der Waals surface area (Å²) in [6, 6.07) is -0.546. The van der Waals surface area contributed by atoms with Crippen LogP contribution in [0.1, 0.15) is 26.2 Å². The van der Waals surface area contributed by atoms with Crippen LogP contribution in [-0.2, 0) is 15.0 Å². The third-order valence-corrected chi connectivity index (χ3v) is 4.38. The highest BCUT2D eigenvalue weighted by Gasteiger charge is 2.28. The standard InChI is InChI=1S/C10H22N4O3S/c1-8(10(15)12-9-4-5-9)13-18(16,17)14(2)7-3-6-11/h8-9,13H,3-7,11H2,1-2H3,(H,12,15). The Labute approximate surface area is 108 Å². The first kappa shape index (κ1) is 15.4. The Morgan fingerprint density at radius 3 is 2.61 bits per heavy atom. The molecule has 1 amide bonds. The van der Waals surface area contributed by atoms with Crippen molar-refractivity contribution in [1.82, 2.24) is 14.3 Å². The highest BCUT2D eigenvalue weighted by Crippen LogP contribution is 2.18. The molecule has 1 aliphatic carbocycles. The van der Waals surface area contributed by atoms with Crippen molar-refractivity contribution in [1.29, 1.82) is 0 Å². The van der Waals surface area contributed by atoms with E-state index in [1.807, 2.05) is 0 Å². The van der Waals surface area contributed by atoms with Crippen LogP contribution in [0.3, 0.4) is 0 Å². The zero-order chi connectivity index (χ0) is 13.8. The summed E-state index contributed by atoms with van der Waals surface area (Å²) in [6.07, 6.45) is 2.53. The minimum Gasteiger partial charge on any atom is -0.352 e. The van der Waals surface area contributed by atoms with Crippen LogP contribution in [0.25, 0.3) is 0 Å². The van der Waals surface area contributed by atoms with Gasteiger partial charge in [-0.1, -0.05) is 0 Å². The Morgan fingerprint density at radius 1 is 1.50 bits per heavy atom. The van der Waals surface area contributed by atoms with Gasteiger partial charge in [-0.05, 0) is 32.7 Å². The van der Waals surface area contributed by atoms with Gasteiger partial charge in [-0.3, -0.25) is 4.79 Å². The van der Waals surface area contributed by atoms with Gasteiger partial charge in [0.1, 0.15) is 0 Å². The van der Waals surface area contributed by atoms with E-state index in [-0.39, 0.29) is 11.9 Å². The summed E-state index contributed by atoms with van der Waals surface area (Å²) in [5.41, 5.74) is 5.33. The zero-order valence-electron chi connectivity index (χ0n) is 10.8. The summed E-state index contributed by atoms with van der Waals surface area (Å²) >= 11 is 0. The summed E-state index contributed by atoms with van der Waals surface area (Å²) < 4.78 is 27.2. The number of nitrogens with one attached hydrogen (secondary N) is 2. The van der Waals surface area contributed by atoms with E-state index in [0.29, 0.717) is 19.5 Å². The average Bonchev–Trinajstić information content (AvgIpc) is 3.08. The van der Waals surface area contributed by atoms with E-state index in [2.05, 4.69) is 10.0 Å². The molecule has 4 N–H and O–H groups in total. The zero-order valence-corrected chi connectivity index (χ0v) is 11.7. The van der Waals surface area contributed by atoms with Crippen molar-refractivity contribution >= 4 is 16.1 Å². The molecular formula is C10H22N4O3S. The Bertz CT molecular complexity index is 381. The van der Waals surface area contributed by atoms with Gasteiger partial charge in [0.15, 0.2) is 0 Å². The molecule has 1 aliphatic rings. The van der Waals surface area contributed by atoms with Crippen LogP contribution >= 0.6 is 0 Å². The fraction of sp³-hybridized carbons (Fsp3) is 0.900. The molecule has 1 saturated carbocycles. The van der Waals surface area contributed by atoms with Gasteiger partial charge in [0.25, 0.3) is 10.2 Å². The summed E-state index contributed by atoms with van der Waals surface area (Å²) in [4.78, 5) is 11.6. The largest absolute Gasteiger partial charge is 0.352 e. The Morgan fingerprint density at radius 2 is 2.11 bits per heavy atom. The number of nitrogens with two attached hydrogens (primary N) is 1. The minimum absolute atomic E-state index is 0.222. The number of hydrogen-bond donors (Lipinski definition) is 3. The molecular weight excluding hydrogens is 256 g/mol. The van der Waals surface area contributed by atoms with E-state index < -0.39 is 16.3 Å². The molecule has 18 heavy (non-hydrogen) atoms. The first-order chi connectivity index (χ1) is 8.36. The van der Waals surface area contributed by atoms with Gasteiger partial charge in [0.2, 0.25) is 5.91 Å². The Kier molecular flexibility index (Phi) is 5.51. The van der Waals surface area contributed by atoms with Gasteiger partial charge < -0.3 is 11.1 Å². The number of carbonyl (C=O) groups excluding carboxylic acids is 1. The number of rotatable bonds is 8. The van der Waals surface area contributed by atoms with Crippen molar-refractivity contribution < 1.29 is 13.2 Å². The number of carbonyl (C=O) groups is 1. The van der Waals surface area contributed by atoms with Crippen molar-refractivity contribution in [3.63, 3.8) is 0 Å². The van der Waals surface area contributed by atoms with Crippen LogP contribution in [0, 0.1) is 0 Å².